The predicted octanol–water partition coefficient (Wildman–Crippen LogP) is 2.87. The number of hydrogen-bond donors (Lipinski definition) is 1. The monoisotopic (exact) mass is 404 g/mol. The molecule has 0 bridgehead atoms. The molecule has 0 atom stereocenters. The number of para-hydroxylation sites is 1. The summed E-state index contributed by atoms with van der Waals surface area (Å²) in [5, 5.41) is 3.31. The highest BCUT2D eigenvalue weighted by Crippen LogP contribution is 2.27. The van der Waals surface area contributed by atoms with Gasteiger partial charge in [0.25, 0.3) is 5.91 Å². The van der Waals surface area contributed by atoms with Crippen molar-refractivity contribution in [3.05, 3.63) is 63.2 Å². The maximum Gasteiger partial charge on any atom is 0.349 e. The molecule has 28 heavy (non-hydrogen) atoms. The lowest BCUT2D eigenvalue weighted by Crippen LogP contribution is -2.36. The molecule has 2 aliphatic rings. The maximum atomic E-state index is 13.1. The van der Waals surface area contributed by atoms with Gasteiger partial charge in [-0.1, -0.05) is 18.2 Å². The van der Waals surface area contributed by atoms with Crippen molar-refractivity contribution >= 4 is 18.3 Å². The van der Waals surface area contributed by atoms with Crippen molar-refractivity contribution in [3.63, 3.8) is 0 Å². The van der Waals surface area contributed by atoms with Gasteiger partial charge < -0.3 is 19.4 Å². The number of fused-ring (bicyclic) bond motifs is 1. The number of aryl methyl sites for hydroxylation is 1. The van der Waals surface area contributed by atoms with Gasteiger partial charge in [-0.2, -0.15) is 0 Å². The van der Waals surface area contributed by atoms with E-state index in [2.05, 4.69) is 5.32 Å². The van der Waals surface area contributed by atoms with Gasteiger partial charge >= 0.3 is 5.63 Å². The summed E-state index contributed by atoms with van der Waals surface area (Å²) in [7, 11) is 0. The molecule has 0 aliphatic carbocycles. The van der Waals surface area contributed by atoms with Crippen LogP contribution < -0.4 is 15.7 Å². The molecular formula is C21H25ClN2O4. The van der Waals surface area contributed by atoms with Crippen LogP contribution in [0.5, 0.6) is 5.75 Å². The van der Waals surface area contributed by atoms with Crippen LogP contribution in [-0.4, -0.2) is 37.0 Å². The van der Waals surface area contributed by atoms with Crippen molar-refractivity contribution in [1.82, 2.24) is 10.2 Å². The van der Waals surface area contributed by atoms with Crippen LogP contribution in [0.15, 0.2) is 39.5 Å². The van der Waals surface area contributed by atoms with Gasteiger partial charge in [0.05, 0.1) is 6.54 Å². The van der Waals surface area contributed by atoms with Crippen molar-refractivity contribution in [1.29, 1.82) is 0 Å². The van der Waals surface area contributed by atoms with E-state index in [-0.39, 0.29) is 29.8 Å². The number of nitrogens with one attached hydrogen (secondary N) is 1. The highest BCUT2D eigenvalue weighted by atomic mass is 35.5. The lowest BCUT2D eigenvalue weighted by atomic mass is 9.94. The minimum absolute atomic E-state index is 0. The molecule has 0 saturated carbocycles. The first-order valence-electron chi connectivity index (χ1n) is 9.49. The third kappa shape index (κ3) is 4.08. The molecule has 0 spiro atoms. The summed E-state index contributed by atoms with van der Waals surface area (Å²) in [4.78, 5) is 27.4. The number of nitrogens with zero attached hydrogens (tertiary/aromatic N) is 1. The average molecular weight is 405 g/mol. The number of carbonyl (C=O) groups excluding carboxylic acids is 1. The van der Waals surface area contributed by atoms with E-state index in [1.165, 1.54) is 0 Å². The molecule has 6 nitrogen and oxygen atoms in total. The molecule has 1 N–H and O–H groups in total. The summed E-state index contributed by atoms with van der Waals surface area (Å²) < 4.78 is 11.3. The summed E-state index contributed by atoms with van der Waals surface area (Å²) in [6.45, 7) is 4.91. The van der Waals surface area contributed by atoms with Crippen LogP contribution in [0.4, 0.5) is 0 Å². The van der Waals surface area contributed by atoms with E-state index < -0.39 is 5.63 Å². The first kappa shape index (κ1) is 20.4. The second-order valence-electron chi connectivity index (χ2n) is 7.20. The maximum absolute atomic E-state index is 13.1. The minimum atomic E-state index is -0.535. The zero-order chi connectivity index (χ0) is 18.8. The Morgan fingerprint density at radius 2 is 1.96 bits per heavy atom. The Balaban J connectivity index is 0.00000225. The number of benzene rings is 1. The predicted molar refractivity (Wildman–Crippen MR) is 108 cm³/mol. The Morgan fingerprint density at radius 3 is 2.71 bits per heavy atom. The van der Waals surface area contributed by atoms with Crippen LogP contribution in [0, 0.1) is 6.92 Å². The zero-order valence-electron chi connectivity index (χ0n) is 15.9. The Morgan fingerprint density at radius 1 is 1.21 bits per heavy atom. The van der Waals surface area contributed by atoms with Gasteiger partial charge in [0.15, 0.2) is 0 Å². The third-order valence-electron chi connectivity index (χ3n) is 5.36. The largest absolute Gasteiger partial charge is 0.491 e. The Labute approximate surface area is 170 Å². The Kier molecular flexibility index (Phi) is 6.42. The van der Waals surface area contributed by atoms with Crippen LogP contribution in [0.25, 0.3) is 0 Å². The summed E-state index contributed by atoms with van der Waals surface area (Å²) in [6, 6.07) is 9.54. The molecule has 2 aromatic rings. The first-order chi connectivity index (χ1) is 13.1. The number of amides is 1. The van der Waals surface area contributed by atoms with Crippen molar-refractivity contribution in [2.45, 2.75) is 32.2 Å². The van der Waals surface area contributed by atoms with Gasteiger partial charge in [0.2, 0.25) is 0 Å². The molecule has 1 saturated heterocycles. The van der Waals surface area contributed by atoms with Crippen molar-refractivity contribution in [2.75, 3.05) is 26.2 Å². The SMILES string of the molecule is Cc1cc(C2CCNCC2)oc(=O)c1C(=O)N1CCOc2ccccc2C1.Cl. The normalized spacial score (nSPS) is 17.1. The second kappa shape index (κ2) is 8.80. The van der Waals surface area contributed by atoms with Gasteiger partial charge in [0, 0.05) is 18.0 Å². The third-order valence-corrected chi connectivity index (χ3v) is 5.36. The Bertz CT molecular complexity index is 906. The lowest BCUT2D eigenvalue weighted by molar-refractivity contribution is 0.0727. The fourth-order valence-electron chi connectivity index (χ4n) is 3.85. The van der Waals surface area contributed by atoms with E-state index in [1.54, 1.807) is 4.90 Å². The highest BCUT2D eigenvalue weighted by Gasteiger charge is 2.27. The number of halogens is 1. The minimum Gasteiger partial charge on any atom is -0.491 e. The summed E-state index contributed by atoms with van der Waals surface area (Å²) >= 11 is 0. The van der Waals surface area contributed by atoms with Crippen LogP contribution in [0.1, 0.15) is 46.0 Å². The van der Waals surface area contributed by atoms with Crippen LogP contribution in [0.2, 0.25) is 0 Å². The summed E-state index contributed by atoms with van der Waals surface area (Å²) in [6.07, 6.45) is 1.88. The first-order valence-corrected chi connectivity index (χ1v) is 9.49. The van der Waals surface area contributed by atoms with Crippen molar-refractivity contribution < 1.29 is 13.9 Å². The molecule has 2 aliphatic heterocycles. The van der Waals surface area contributed by atoms with Gasteiger partial charge in [0.1, 0.15) is 23.7 Å². The smallest absolute Gasteiger partial charge is 0.349 e. The lowest BCUT2D eigenvalue weighted by Gasteiger charge is -2.23. The number of hydrogen-bond acceptors (Lipinski definition) is 5. The molecule has 150 valence electrons. The van der Waals surface area contributed by atoms with E-state index in [0.29, 0.717) is 31.0 Å². The van der Waals surface area contributed by atoms with E-state index in [9.17, 15) is 9.59 Å². The zero-order valence-corrected chi connectivity index (χ0v) is 16.7. The van der Waals surface area contributed by atoms with Crippen LogP contribution >= 0.6 is 12.4 Å². The van der Waals surface area contributed by atoms with Gasteiger partial charge in [-0.3, -0.25) is 4.79 Å². The molecule has 1 amide bonds. The van der Waals surface area contributed by atoms with Gasteiger partial charge in [-0.15, -0.1) is 12.4 Å². The molecule has 7 heteroatoms. The van der Waals surface area contributed by atoms with E-state index in [0.717, 1.165) is 37.2 Å². The highest BCUT2D eigenvalue weighted by molar-refractivity contribution is 5.95. The fourth-order valence-corrected chi connectivity index (χ4v) is 3.85. The molecule has 0 radical (unpaired) electrons. The number of carbonyl (C=O) groups is 1. The molecule has 3 heterocycles. The molecule has 0 unspecified atom stereocenters. The van der Waals surface area contributed by atoms with E-state index >= 15 is 0 Å². The molecule has 4 rings (SSSR count). The summed E-state index contributed by atoms with van der Waals surface area (Å²) in [5.41, 5.74) is 1.22. The van der Waals surface area contributed by atoms with Gasteiger partial charge in [-0.25, -0.2) is 4.79 Å². The molecule has 1 aromatic heterocycles. The number of piperidine rings is 1. The molecular weight excluding hydrogens is 380 g/mol. The quantitative estimate of drug-likeness (QED) is 0.833. The standard InChI is InChI=1S/C21H24N2O4.ClH/c1-14-12-18(15-6-8-22-9-7-15)27-21(25)19(14)20(24)23-10-11-26-17-5-3-2-4-16(17)13-23;/h2-5,12,15,22H,6-11,13H2,1H3;1H. The van der Waals surface area contributed by atoms with Crippen molar-refractivity contribution in [2.24, 2.45) is 0 Å². The fraction of sp³-hybridized carbons (Fsp3) is 0.429. The Hall–Kier alpha value is -2.31. The second-order valence-corrected chi connectivity index (χ2v) is 7.20. The van der Waals surface area contributed by atoms with E-state index in [1.807, 2.05) is 37.3 Å². The van der Waals surface area contributed by atoms with Crippen LogP contribution in [0.3, 0.4) is 0 Å². The van der Waals surface area contributed by atoms with Gasteiger partial charge in [-0.05, 0) is 50.6 Å². The number of rotatable bonds is 2. The molecule has 1 fully saturated rings. The van der Waals surface area contributed by atoms with Crippen molar-refractivity contribution in [3.8, 4) is 5.75 Å². The number of ether oxygens (including phenoxy) is 1. The average Bonchev–Trinajstić information content (AvgIpc) is 2.90. The van der Waals surface area contributed by atoms with Crippen LogP contribution in [-0.2, 0) is 6.54 Å². The molecule has 1 aromatic carbocycles. The van der Waals surface area contributed by atoms with E-state index in [4.69, 9.17) is 9.15 Å². The topological polar surface area (TPSA) is 71.8 Å². The summed E-state index contributed by atoms with van der Waals surface area (Å²) in [5.74, 6) is 1.43.